The molecule has 0 aliphatic heterocycles. The number of thiophene rings is 1. The van der Waals surface area contributed by atoms with E-state index in [2.05, 4.69) is 0 Å². The molecule has 4 heteroatoms. The van der Waals surface area contributed by atoms with Crippen molar-refractivity contribution in [3.63, 3.8) is 0 Å². The van der Waals surface area contributed by atoms with Crippen LogP contribution in [0.2, 0.25) is 5.02 Å². The van der Waals surface area contributed by atoms with Crippen LogP contribution in [0, 0.1) is 12.8 Å². The van der Waals surface area contributed by atoms with Gasteiger partial charge in [0.15, 0.2) is 0 Å². The van der Waals surface area contributed by atoms with E-state index >= 15 is 0 Å². The van der Waals surface area contributed by atoms with E-state index in [0.29, 0.717) is 11.6 Å². The minimum Gasteiger partial charge on any atom is -0.387 e. The molecule has 2 atom stereocenters. The van der Waals surface area contributed by atoms with Crippen molar-refractivity contribution in [1.29, 1.82) is 0 Å². The average molecular weight is 220 g/mol. The first kappa shape index (κ1) is 11.0. The zero-order chi connectivity index (χ0) is 10.0. The van der Waals surface area contributed by atoms with Gasteiger partial charge in [-0.15, -0.1) is 11.3 Å². The van der Waals surface area contributed by atoms with Crippen molar-refractivity contribution < 1.29 is 5.11 Å². The van der Waals surface area contributed by atoms with E-state index in [0.717, 1.165) is 10.4 Å². The van der Waals surface area contributed by atoms with E-state index in [1.54, 1.807) is 0 Å². The first-order chi connectivity index (χ1) is 6.07. The third-order valence-electron chi connectivity index (χ3n) is 2.10. The SMILES string of the molecule is Cc1csc(C(O)C(C)CN)c1Cl. The highest BCUT2D eigenvalue weighted by molar-refractivity contribution is 7.10. The zero-order valence-electron chi connectivity index (χ0n) is 7.75. The Morgan fingerprint density at radius 1 is 1.69 bits per heavy atom. The minimum atomic E-state index is -0.531. The van der Waals surface area contributed by atoms with Crippen molar-refractivity contribution in [2.24, 2.45) is 11.7 Å². The fourth-order valence-corrected chi connectivity index (χ4v) is 2.46. The van der Waals surface area contributed by atoms with Crippen molar-refractivity contribution in [3.05, 3.63) is 20.8 Å². The predicted octanol–water partition coefficient (Wildman–Crippen LogP) is 2.34. The van der Waals surface area contributed by atoms with E-state index in [-0.39, 0.29) is 5.92 Å². The second-order valence-electron chi connectivity index (χ2n) is 3.25. The van der Waals surface area contributed by atoms with Crippen LogP contribution in [0.1, 0.15) is 23.5 Å². The lowest BCUT2D eigenvalue weighted by Gasteiger charge is -2.15. The number of hydrogen-bond donors (Lipinski definition) is 2. The van der Waals surface area contributed by atoms with E-state index in [1.165, 1.54) is 11.3 Å². The Morgan fingerprint density at radius 2 is 2.31 bits per heavy atom. The van der Waals surface area contributed by atoms with Crippen molar-refractivity contribution in [2.45, 2.75) is 20.0 Å². The molecule has 3 N–H and O–H groups in total. The van der Waals surface area contributed by atoms with E-state index < -0.39 is 6.10 Å². The van der Waals surface area contributed by atoms with Crippen LogP contribution in [0.25, 0.3) is 0 Å². The van der Waals surface area contributed by atoms with Crippen molar-refractivity contribution in [2.75, 3.05) is 6.54 Å². The van der Waals surface area contributed by atoms with Gasteiger partial charge in [-0.2, -0.15) is 0 Å². The Balaban J connectivity index is 2.88. The Morgan fingerprint density at radius 3 is 2.69 bits per heavy atom. The Labute approximate surface area is 87.3 Å². The van der Waals surface area contributed by atoms with Crippen molar-refractivity contribution >= 4 is 22.9 Å². The standard InChI is InChI=1S/C9H14ClNOS/c1-5(3-11)8(12)9-7(10)6(2)4-13-9/h4-5,8,12H,3,11H2,1-2H3. The lowest BCUT2D eigenvalue weighted by molar-refractivity contribution is 0.125. The summed E-state index contributed by atoms with van der Waals surface area (Å²) >= 11 is 7.50. The largest absolute Gasteiger partial charge is 0.387 e. The van der Waals surface area contributed by atoms with Gasteiger partial charge in [-0.05, 0) is 30.3 Å². The average Bonchev–Trinajstić information content (AvgIpc) is 2.45. The second kappa shape index (κ2) is 4.42. The van der Waals surface area contributed by atoms with Gasteiger partial charge in [0.25, 0.3) is 0 Å². The number of hydrogen-bond acceptors (Lipinski definition) is 3. The summed E-state index contributed by atoms with van der Waals surface area (Å²) in [6, 6.07) is 0. The van der Waals surface area contributed by atoms with Crippen LogP contribution in [0.4, 0.5) is 0 Å². The molecule has 74 valence electrons. The Bertz CT molecular complexity index is 287. The molecule has 0 bridgehead atoms. The normalized spacial score (nSPS) is 15.8. The molecule has 1 aromatic heterocycles. The first-order valence-electron chi connectivity index (χ1n) is 4.19. The molecule has 0 saturated carbocycles. The highest BCUT2D eigenvalue weighted by Crippen LogP contribution is 2.35. The van der Waals surface area contributed by atoms with Crippen LogP contribution in [0.15, 0.2) is 5.38 Å². The van der Waals surface area contributed by atoms with Gasteiger partial charge in [-0.1, -0.05) is 18.5 Å². The van der Waals surface area contributed by atoms with Gasteiger partial charge in [0, 0.05) is 0 Å². The number of halogens is 1. The van der Waals surface area contributed by atoms with Gasteiger partial charge in [0.1, 0.15) is 0 Å². The second-order valence-corrected chi connectivity index (χ2v) is 4.54. The lowest BCUT2D eigenvalue weighted by Crippen LogP contribution is -2.18. The highest BCUT2D eigenvalue weighted by atomic mass is 35.5. The lowest BCUT2D eigenvalue weighted by atomic mass is 10.0. The van der Waals surface area contributed by atoms with Crippen LogP contribution in [0.5, 0.6) is 0 Å². The molecular formula is C9H14ClNOS. The number of aryl methyl sites for hydroxylation is 1. The summed E-state index contributed by atoms with van der Waals surface area (Å²) in [4.78, 5) is 0.831. The van der Waals surface area contributed by atoms with Crippen LogP contribution in [-0.4, -0.2) is 11.7 Å². The summed E-state index contributed by atoms with van der Waals surface area (Å²) in [5.74, 6) is 0.0514. The third kappa shape index (κ3) is 2.23. The maximum Gasteiger partial charge on any atom is 0.0934 e. The third-order valence-corrected chi connectivity index (χ3v) is 3.89. The van der Waals surface area contributed by atoms with E-state index in [1.807, 2.05) is 19.2 Å². The van der Waals surface area contributed by atoms with E-state index in [9.17, 15) is 5.11 Å². The maximum atomic E-state index is 9.83. The minimum absolute atomic E-state index is 0.0514. The number of aliphatic hydroxyl groups is 1. The van der Waals surface area contributed by atoms with Crippen LogP contribution in [-0.2, 0) is 0 Å². The molecule has 0 aliphatic rings. The maximum absolute atomic E-state index is 9.83. The fraction of sp³-hybridized carbons (Fsp3) is 0.556. The van der Waals surface area contributed by atoms with E-state index in [4.69, 9.17) is 17.3 Å². The molecular weight excluding hydrogens is 206 g/mol. The molecule has 1 rings (SSSR count). The molecule has 0 radical (unpaired) electrons. The quantitative estimate of drug-likeness (QED) is 0.820. The summed E-state index contributed by atoms with van der Waals surface area (Å²) in [5, 5.41) is 12.5. The number of aliphatic hydroxyl groups excluding tert-OH is 1. The highest BCUT2D eigenvalue weighted by Gasteiger charge is 2.20. The Hall–Kier alpha value is -0.0900. The molecule has 1 heterocycles. The zero-order valence-corrected chi connectivity index (χ0v) is 9.32. The first-order valence-corrected chi connectivity index (χ1v) is 5.45. The molecule has 2 unspecified atom stereocenters. The van der Waals surface area contributed by atoms with Crippen LogP contribution >= 0.6 is 22.9 Å². The van der Waals surface area contributed by atoms with Gasteiger partial charge in [0.05, 0.1) is 16.0 Å². The molecule has 0 saturated heterocycles. The van der Waals surface area contributed by atoms with Crippen LogP contribution < -0.4 is 5.73 Å². The molecule has 0 aliphatic carbocycles. The molecule has 0 fully saturated rings. The molecule has 13 heavy (non-hydrogen) atoms. The number of nitrogens with two attached hydrogens (primary N) is 1. The summed E-state index contributed by atoms with van der Waals surface area (Å²) in [6.45, 7) is 4.31. The predicted molar refractivity (Wildman–Crippen MR) is 57.2 cm³/mol. The molecule has 0 aromatic carbocycles. The molecule has 1 aromatic rings. The van der Waals surface area contributed by atoms with Gasteiger partial charge in [0.2, 0.25) is 0 Å². The summed E-state index contributed by atoms with van der Waals surface area (Å²) in [7, 11) is 0. The van der Waals surface area contributed by atoms with Gasteiger partial charge in [-0.25, -0.2) is 0 Å². The van der Waals surface area contributed by atoms with Crippen molar-refractivity contribution in [1.82, 2.24) is 0 Å². The summed E-state index contributed by atoms with van der Waals surface area (Å²) in [5.41, 5.74) is 6.49. The van der Waals surface area contributed by atoms with Crippen LogP contribution in [0.3, 0.4) is 0 Å². The van der Waals surface area contributed by atoms with Crippen molar-refractivity contribution in [3.8, 4) is 0 Å². The summed E-state index contributed by atoms with van der Waals surface area (Å²) < 4.78 is 0. The van der Waals surface area contributed by atoms with Gasteiger partial charge >= 0.3 is 0 Å². The fourth-order valence-electron chi connectivity index (χ4n) is 1.04. The smallest absolute Gasteiger partial charge is 0.0934 e. The van der Waals surface area contributed by atoms with Gasteiger partial charge in [-0.3, -0.25) is 0 Å². The summed E-state index contributed by atoms with van der Waals surface area (Å²) in [6.07, 6.45) is -0.531. The monoisotopic (exact) mass is 219 g/mol. The van der Waals surface area contributed by atoms with Gasteiger partial charge < -0.3 is 10.8 Å². The number of rotatable bonds is 3. The molecule has 0 amide bonds. The molecule has 2 nitrogen and oxygen atoms in total. The topological polar surface area (TPSA) is 46.2 Å². The molecule has 0 spiro atoms. The Kier molecular flexibility index (Phi) is 3.74.